The largest absolute Gasteiger partial charge is 0.488 e. The molecule has 5 heteroatoms. The summed E-state index contributed by atoms with van der Waals surface area (Å²) in [6, 6.07) is 15.6. The Hall–Kier alpha value is -2.79. The van der Waals surface area contributed by atoms with E-state index in [9.17, 15) is 4.79 Å². The van der Waals surface area contributed by atoms with E-state index in [1.807, 2.05) is 62.4 Å². The van der Waals surface area contributed by atoms with Crippen LogP contribution < -0.4 is 10.1 Å². The first-order valence-electron chi connectivity index (χ1n) is 9.09. The number of hydrogen-bond donors (Lipinski definition) is 1. The molecule has 3 rings (SSSR count). The Bertz CT molecular complexity index is 918. The maximum atomic E-state index is 12.7. The van der Waals surface area contributed by atoms with E-state index >= 15 is 0 Å². The van der Waals surface area contributed by atoms with E-state index in [2.05, 4.69) is 16.6 Å². The molecule has 1 heterocycles. The first kappa shape index (κ1) is 20.0. The first-order valence-corrected chi connectivity index (χ1v) is 10.5. The number of benzene rings is 2. The van der Waals surface area contributed by atoms with Gasteiger partial charge in [-0.3, -0.25) is 9.78 Å². The van der Waals surface area contributed by atoms with Crippen molar-refractivity contribution in [2.24, 2.45) is 0 Å². The average molecular weight is 393 g/mol. The van der Waals surface area contributed by atoms with Crippen LogP contribution in [0.1, 0.15) is 32.6 Å². The number of thioether (sulfide) groups is 1. The molecule has 1 amide bonds. The fraction of sp³-hybridized carbons (Fsp3) is 0.217. The van der Waals surface area contributed by atoms with Crippen LogP contribution in [-0.2, 0) is 12.4 Å². The quantitative estimate of drug-likeness (QED) is 0.585. The van der Waals surface area contributed by atoms with E-state index in [1.54, 1.807) is 24.2 Å². The van der Waals surface area contributed by atoms with Crippen LogP contribution in [0.2, 0.25) is 0 Å². The standard InChI is InChI=1S/C23H24N2O2S/c1-16-11-20(23(26)25-21-8-6-18(7-9-21)15-28-3)12-17(2)22(16)27-14-19-5-4-10-24-13-19/h4-13H,14-15H2,1-3H3,(H,25,26). The van der Waals surface area contributed by atoms with Gasteiger partial charge >= 0.3 is 0 Å². The van der Waals surface area contributed by atoms with Crippen molar-refractivity contribution in [3.63, 3.8) is 0 Å². The Morgan fingerprint density at radius 2 is 1.79 bits per heavy atom. The lowest BCUT2D eigenvalue weighted by molar-refractivity contribution is 0.102. The molecule has 1 N–H and O–H groups in total. The van der Waals surface area contributed by atoms with Gasteiger partial charge in [0.05, 0.1) is 0 Å². The van der Waals surface area contributed by atoms with Crippen LogP contribution in [0, 0.1) is 13.8 Å². The maximum absolute atomic E-state index is 12.7. The molecule has 4 nitrogen and oxygen atoms in total. The second kappa shape index (κ2) is 9.42. The number of aryl methyl sites for hydroxylation is 2. The van der Waals surface area contributed by atoms with Gasteiger partial charge in [-0.25, -0.2) is 0 Å². The Kier molecular flexibility index (Phi) is 6.71. The summed E-state index contributed by atoms with van der Waals surface area (Å²) in [4.78, 5) is 16.8. The van der Waals surface area contributed by atoms with Crippen molar-refractivity contribution in [2.45, 2.75) is 26.2 Å². The minimum atomic E-state index is -0.123. The lowest BCUT2D eigenvalue weighted by Gasteiger charge is -2.14. The van der Waals surface area contributed by atoms with Crippen LogP contribution in [0.3, 0.4) is 0 Å². The summed E-state index contributed by atoms with van der Waals surface area (Å²) in [5, 5.41) is 2.96. The van der Waals surface area contributed by atoms with Crippen LogP contribution in [0.5, 0.6) is 5.75 Å². The molecule has 0 aliphatic rings. The van der Waals surface area contributed by atoms with Gasteiger partial charge in [-0.05, 0) is 67.1 Å². The average Bonchev–Trinajstić information content (AvgIpc) is 2.69. The van der Waals surface area contributed by atoms with Crippen molar-refractivity contribution in [3.8, 4) is 5.75 Å². The third-order valence-corrected chi connectivity index (χ3v) is 4.97. The van der Waals surface area contributed by atoms with Crippen molar-refractivity contribution in [1.29, 1.82) is 0 Å². The lowest BCUT2D eigenvalue weighted by Crippen LogP contribution is -2.13. The van der Waals surface area contributed by atoms with Gasteiger partial charge in [-0.2, -0.15) is 11.8 Å². The van der Waals surface area contributed by atoms with Crippen molar-refractivity contribution < 1.29 is 9.53 Å². The molecule has 0 fully saturated rings. The summed E-state index contributed by atoms with van der Waals surface area (Å²) in [6.45, 7) is 4.36. The molecule has 0 spiro atoms. The zero-order chi connectivity index (χ0) is 19.9. The van der Waals surface area contributed by atoms with Gasteiger partial charge in [-0.15, -0.1) is 0 Å². The van der Waals surface area contributed by atoms with Crippen LogP contribution >= 0.6 is 11.8 Å². The fourth-order valence-corrected chi connectivity index (χ4v) is 3.53. The van der Waals surface area contributed by atoms with E-state index < -0.39 is 0 Å². The van der Waals surface area contributed by atoms with Crippen LogP contribution in [0.15, 0.2) is 60.9 Å². The molecule has 0 saturated carbocycles. The summed E-state index contributed by atoms with van der Waals surface area (Å²) in [5.74, 6) is 1.65. The van der Waals surface area contributed by atoms with Gasteiger partial charge in [0.2, 0.25) is 0 Å². The van der Waals surface area contributed by atoms with Gasteiger partial charge in [0, 0.05) is 35.0 Å². The number of amides is 1. The molecule has 28 heavy (non-hydrogen) atoms. The van der Waals surface area contributed by atoms with Crippen molar-refractivity contribution >= 4 is 23.4 Å². The molecule has 0 bridgehead atoms. The number of anilines is 1. The first-order chi connectivity index (χ1) is 13.6. The van der Waals surface area contributed by atoms with Gasteiger partial charge in [0.25, 0.3) is 5.91 Å². The third kappa shape index (κ3) is 5.14. The van der Waals surface area contributed by atoms with Crippen LogP contribution in [-0.4, -0.2) is 17.1 Å². The highest BCUT2D eigenvalue weighted by molar-refractivity contribution is 7.97. The van der Waals surface area contributed by atoms with E-state index in [0.29, 0.717) is 12.2 Å². The molecule has 0 atom stereocenters. The number of aromatic nitrogens is 1. The highest BCUT2D eigenvalue weighted by Gasteiger charge is 2.12. The number of ether oxygens (including phenoxy) is 1. The molecule has 2 aromatic carbocycles. The predicted molar refractivity (Wildman–Crippen MR) is 116 cm³/mol. The number of hydrogen-bond acceptors (Lipinski definition) is 4. The molecule has 1 aromatic heterocycles. The lowest BCUT2D eigenvalue weighted by atomic mass is 10.0. The third-order valence-electron chi connectivity index (χ3n) is 4.35. The van der Waals surface area contributed by atoms with Crippen LogP contribution in [0.25, 0.3) is 0 Å². The van der Waals surface area contributed by atoms with E-state index in [0.717, 1.165) is 33.9 Å². The van der Waals surface area contributed by atoms with Crippen molar-refractivity contribution in [2.75, 3.05) is 11.6 Å². The number of rotatable bonds is 7. The summed E-state index contributed by atoms with van der Waals surface area (Å²) in [7, 11) is 0. The van der Waals surface area contributed by atoms with Gasteiger partial charge in [0.1, 0.15) is 12.4 Å². The Balaban J connectivity index is 1.69. The second-order valence-corrected chi connectivity index (χ2v) is 7.54. The summed E-state index contributed by atoms with van der Waals surface area (Å²) >= 11 is 1.78. The minimum absolute atomic E-state index is 0.123. The molecule has 0 radical (unpaired) electrons. The maximum Gasteiger partial charge on any atom is 0.255 e. The molecule has 3 aromatic rings. The Labute approximate surface area is 170 Å². The zero-order valence-electron chi connectivity index (χ0n) is 16.4. The SMILES string of the molecule is CSCc1ccc(NC(=O)c2cc(C)c(OCc3cccnc3)c(C)c2)cc1. The number of carbonyl (C=O) groups excluding carboxylic acids is 1. The fourth-order valence-electron chi connectivity index (χ4n) is 3.00. The molecule has 0 unspecified atom stereocenters. The molecule has 0 aliphatic carbocycles. The van der Waals surface area contributed by atoms with Gasteiger partial charge in [0.15, 0.2) is 0 Å². The summed E-state index contributed by atoms with van der Waals surface area (Å²) in [6.07, 6.45) is 5.60. The normalized spacial score (nSPS) is 10.5. The highest BCUT2D eigenvalue weighted by Crippen LogP contribution is 2.26. The highest BCUT2D eigenvalue weighted by atomic mass is 32.2. The molecular formula is C23H24N2O2S. The number of nitrogens with one attached hydrogen (secondary N) is 1. The molecule has 0 saturated heterocycles. The summed E-state index contributed by atoms with van der Waals surface area (Å²) in [5.41, 5.74) is 5.54. The topological polar surface area (TPSA) is 51.2 Å². The van der Waals surface area contributed by atoms with Crippen molar-refractivity contribution in [3.05, 3.63) is 88.7 Å². The smallest absolute Gasteiger partial charge is 0.255 e. The molecular weight excluding hydrogens is 368 g/mol. The molecule has 0 aliphatic heterocycles. The zero-order valence-corrected chi connectivity index (χ0v) is 17.2. The van der Waals surface area contributed by atoms with E-state index in [-0.39, 0.29) is 5.91 Å². The molecule has 144 valence electrons. The van der Waals surface area contributed by atoms with Crippen molar-refractivity contribution in [1.82, 2.24) is 4.98 Å². The van der Waals surface area contributed by atoms with E-state index in [4.69, 9.17) is 4.74 Å². The second-order valence-electron chi connectivity index (χ2n) is 6.67. The van der Waals surface area contributed by atoms with Gasteiger partial charge in [-0.1, -0.05) is 18.2 Å². The van der Waals surface area contributed by atoms with E-state index in [1.165, 1.54) is 5.56 Å². The predicted octanol–water partition coefficient (Wildman–Crippen LogP) is 5.39. The number of nitrogens with zero attached hydrogens (tertiary/aromatic N) is 1. The monoisotopic (exact) mass is 392 g/mol. The minimum Gasteiger partial charge on any atom is -0.488 e. The van der Waals surface area contributed by atoms with Gasteiger partial charge < -0.3 is 10.1 Å². The number of pyridine rings is 1. The van der Waals surface area contributed by atoms with Crippen LogP contribution in [0.4, 0.5) is 5.69 Å². The summed E-state index contributed by atoms with van der Waals surface area (Å²) < 4.78 is 5.97. The Morgan fingerprint density at radius 1 is 1.07 bits per heavy atom. The Morgan fingerprint density at radius 3 is 2.39 bits per heavy atom. The number of carbonyl (C=O) groups is 1.